The van der Waals surface area contributed by atoms with Gasteiger partial charge in [-0.1, -0.05) is 53.0 Å². The van der Waals surface area contributed by atoms with Crippen LogP contribution in [0.2, 0.25) is 15.1 Å². The molecule has 3 aromatic rings. The minimum absolute atomic E-state index is 0.460. The lowest BCUT2D eigenvalue weighted by Gasteiger charge is -2.15. The molecule has 0 fully saturated rings. The molecule has 3 aromatic carbocycles. The molecule has 26 heavy (non-hydrogen) atoms. The van der Waals surface area contributed by atoms with Crippen molar-refractivity contribution in [2.75, 3.05) is 5.32 Å². The Hall–Kier alpha value is -1.87. The zero-order chi connectivity index (χ0) is 18.5. The maximum absolute atomic E-state index is 6.19. The summed E-state index contributed by atoms with van der Waals surface area (Å²) in [5.74, 6) is 0.788. The molecule has 0 aliphatic heterocycles. The van der Waals surface area contributed by atoms with Crippen molar-refractivity contribution in [2.24, 2.45) is 0 Å². The van der Waals surface area contributed by atoms with E-state index in [1.165, 1.54) is 0 Å². The van der Waals surface area contributed by atoms with Crippen molar-refractivity contribution in [1.29, 1.82) is 0 Å². The summed E-state index contributed by atoms with van der Waals surface area (Å²) in [5, 5.41) is 5.52. The highest BCUT2D eigenvalue weighted by atomic mass is 35.5. The van der Waals surface area contributed by atoms with Gasteiger partial charge in [0, 0.05) is 32.9 Å². The third-order valence-electron chi connectivity index (χ3n) is 4.07. The van der Waals surface area contributed by atoms with Crippen LogP contribution in [-0.4, -0.2) is 0 Å². The summed E-state index contributed by atoms with van der Waals surface area (Å²) in [6.07, 6.45) is 0. The third kappa shape index (κ3) is 4.85. The molecule has 0 aromatic heterocycles. The van der Waals surface area contributed by atoms with Crippen LogP contribution in [0.4, 0.5) is 5.69 Å². The summed E-state index contributed by atoms with van der Waals surface area (Å²) in [5.41, 5.74) is 4.03. The molecule has 134 valence electrons. The van der Waals surface area contributed by atoms with Gasteiger partial charge in [0.15, 0.2) is 0 Å². The topological polar surface area (TPSA) is 21.3 Å². The van der Waals surface area contributed by atoms with Crippen molar-refractivity contribution < 1.29 is 4.74 Å². The predicted octanol–water partition coefficient (Wildman–Crippen LogP) is 7.15. The van der Waals surface area contributed by atoms with Crippen LogP contribution >= 0.6 is 34.8 Å². The zero-order valence-corrected chi connectivity index (χ0v) is 16.5. The summed E-state index contributed by atoms with van der Waals surface area (Å²) in [7, 11) is 0. The lowest BCUT2D eigenvalue weighted by atomic mass is 10.1. The smallest absolute Gasteiger partial charge is 0.124 e. The van der Waals surface area contributed by atoms with Gasteiger partial charge in [0.1, 0.15) is 12.4 Å². The van der Waals surface area contributed by atoms with Crippen molar-refractivity contribution in [3.8, 4) is 5.75 Å². The van der Waals surface area contributed by atoms with Crippen molar-refractivity contribution in [2.45, 2.75) is 20.1 Å². The van der Waals surface area contributed by atoms with E-state index < -0.39 is 0 Å². The Bertz CT molecular complexity index is 894. The van der Waals surface area contributed by atoms with Crippen molar-refractivity contribution in [1.82, 2.24) is 0 Å². The average Bonchev–Trinajstić information content (AvgIpc) is 2.63. The first-order valence-corrected chi connectivity index (χ1v) is 9.31. The normalized spacial score (nSPS) is 10.6. The average molecular weight is 407 g/mol. The van der Waals surface area contributed by atoms with Crippen molar-refractivity contribution >= 4 is 40.5 Å². The molecule has 0 saturated carbocycles. The largest absolute Gasteiger partial charge is 0.489 e. The van der Waals surface area contributed by atoms with Gasteiger partial charge >= 0.3 is 0 Å². The first-order chi connectivity index (χ1) is 12.5. The van der Waals surface area contributed by atoms with Gasteiger partial charge in [-0.2, -0.15) is 0 Å². The first kappa shape index (κ1) is 18.9. The molecule has 2 nitrogen and oxygen atoms in total. The molecule has 0 unspecified atom stereocenters. The molecular formula is C21H18Cl3NO. The lowest BCUT2D eigenvalue weighted by molar-refractivity contribution is 0.303. The van der Waals surface area contributed by atoms with Gasteiger partial charge in [-0.3, -0.25) is 0 Å². The minimum Gasteiger partial charge on any atom is -0.489 e. The summed E-state index contributed by atoms with van der Waals surface area (Å²) >= 11 is 18.3. The highest BCUT2D eigenvalue weighted by Gasteiger charge is 2.08. The molecule has 0 amide bonds. The van der Waals surface area contributed by atoms with E-state index in [4.69, 9.17) is 39.5 Å². The van der Waals surface area contributed by atoms with E-state index in [0.29, 0.717) is 23.2 Å². The number of halogens is 3. The van der Waals surface area contributed by atoms with Crippen LogP contribution in [-0.2, 0) is 13.2 Å². The summed E-state index contributed by atoms with van der Waals surface area (Å²) < 4.78 is 5.99. The Labute approximate surface area is 168 Å². The highest BCUT2D eigenvalue weighted by molar-refractivity contribution is 6.31. The Morgan fingerprint density at radius 3 is 2.38 bits per heavy atom. The molecule has 0 heterocycles. The Morgan fingerprint density at radius 2 is 1.62 bits per heavy atom. The molecule has 0 bridgehead atoms. The van der Waals surface area contributed by atoms with E-state index in [0.717, 1.165) is 33.1 Å². The Kier molecular flexibility index (Phi) is 6.31. The van der Waals surface area contributed by atoms with Gasteiger partial charge < -0.3 is 10.1 Å². The molecule has 0 radical (unpaired) electrons. The maximum atomic E-state index is 6.19. The first-order valence-electron chi connectivity index (χ1n) is 8.17. The maximum Gasteiger partial charge on any atom is 0.124 e. The van der Waals surface area contributed by atoms with Gasteiger partial charge in [-0.05, 0) is 60.5 Å². The molecular weight excluding hydrogens is 389 g/mol. The molecule has 3 rings (SSSR count). The number of hydrogen-bond acceptors (Lipinski definition) is 2. The Balaban J connectivity index is 1.73. The predicted molar refractivity (Wildman–Crippen MR) is 111 cm³/mol. The van der Waals surface area contributed by atoms with E-state index in [9.17, 15) is 0 Å². The number of benzene rings is 3. The van der Waals surface area contributed by atoms with Crippen LogP contribution in [0, 0.1) is 6.92 Å². The van der Waals surface area contributed by atoms with Crippen LogP contribution < -0.4 is 10.1 Å². The molecule has 5 heteroatoms. The number of ether oxygens (including phenoxy) is 1. The summed E-state index contributed by atoms with van der Waals surface area (Å²) in [6, 6.07) is 19.0. The minimum atomic E-state index is 0.460. The molecule has 0 aliphatic carbocycles. The molecule has 0 spiro atoms. The number of anilines is 1. The van der Waals surface area contributed by atoms with E-state index in [-0.39, 0.29) is 0 Å². The fourth-order valence-electron chi connectivity index (χ4n) is 2.56. The standard InChI is InChI=1S/C21H18Cl3NO/c1-14-19(24)3-2-4-20(14)25-12-16-11-18(23)9-10-21(16)26-13-15-5-7-17(22)8-6-15/h2-11,25H,12-13H2,1H3. The second kappa shape index (κ2) is 8.68. The van der Waals surface area contributed by atoms with Crippen LogP contribution in [0.5, 0.6) is 5.75 Å². The lowest BCUT2D eigenvalue weighted by Crippen LogP contribution is -2.05. The fraction of sp³-hybridized carbons (Fsp3) is 0.143. The van der Waals surface area contributed by atoms with Crippen molar-refractivity contribution in [3.05, 3.63) is 92.4 Å². The number of hydrogen-bond donors (Lipinski definition) is 1. The molecule has 1 N–H and O–H groups in total. The Morgan fingerprint density at radius 1 is 0.885 bits per heavy atom. The van der Waals surface area contributed by atoms with Crippen LogP contribution in [0.1, 0.15) is 16.7 Å². The quantitative estimate of drug-likeness (QED) is 0.469. The van der Waals surface area contributed by atoms with Crippen LogP contribution in [0.25, 0.3) is 0 Å². The van der Waals surface area contributed by atoms with E-state index in [1.54, 1.807) is 0 Å². The second-order valence-electron chi connectivity index (χ2n) is 5.93. The van der Waals surface area contributed by atoms with Gasteiger partial charge in [0.05, 0.1) is 0 Å². The third-order valence-corrected chi connectivity index (χ3v) is 4.96. The van der Waals surface area contributed by atoms with E-state index in [2.05, 4.69) is 5.32 Å². The summed E-state index contributed by atoms with van der Waals surface area (Å²) in [6.45, 7) is 3.03. The van der Waals surface area contributed by atoms with Crippen molar-refractivity contribution in [3.63, 3.8) is 0 Å². The van der Waals surface area contributed by atoms with Gasteiger partial charge in [-0.25, -0.2) is 0 Å². The molecule has 0 atom stereocenters. The van der Waals surface area contributed by atoms with Crippen LogP contribution in [0.3, 0.4) is 0 Å². The van der Waals surface area contributed by atoms with Gasteiger partial charge in [0.2, 0.25) is 0 Å². The van der Waals surface area contributed by atoms with Gasteiger partial charge in [0.25, 0.3) is 0 Å². The zero-order valence-electron chi connectivity index (χ0n) is 14.2. The van der Waals surface area contributed by atoms with E-state index in [1.807, 2.05) is 67.6 Å². The number of nitrogens with one attached hydrogen (secondary N) is 1. The van der Waals surface area contributed by atoms with E-state index >= 15 is 0 Å². The highest BCUT2D eigenvalue weighted by Crippen LogP contribution is 2.27. The SMILES string of the molecule is Cc1c(Cl)cccc1NCc1cc(Cl)ccc1OCc1ccc(Cl)cc1. The monoisotopic (exact) mass is 405 g/mol. The summed E-state index contributed by atoms with van der Waals surface area (Å²) in [4.78, 5) is 0. The molecule has 0 saturated heterocycles. The second-order valence-corrected chi connectivity index (χ2v) is 7.21. The van der Waals surface area contributed by atoms with Crippen LogP contribution in [0.15, 0.2) is 60.7 Å². The molecule has 0 aliphatic rings. The number of rotatable bonds is 6. The fourth-order valence-corrected chi connectivity index (χ4v) is 3.05. The van der Waals surface area contributed by atoms with Gasteiger partial charge in [-0.15, -0.1) is 0 Å².